The van der Waals surface area contributed by atoms with Crippen LogP contribution in [0.2, 0.25) is 0 Å². The Morgan fingerprint density at radius 2 is 1.61 bits per heavy atom. The number of benzene rings is 2. The van der Waals surface area contributed by atoms with E-state index < -0.39 is 0 Å². The second-order valence-electron chi connectivity index (χ2n) is 7.30. The lowest BCUT2D eigenvalue weighted by molar-refractivity contribution is -0.116. The molecule has 0 spiro atoms. The predicted molar refractivity (Wildman–Crippen MR) is 127 cm³/mol. The highest BCUT2D eigenvalue weighted by Gasteiger charge is 2.09. The van der Waals surface area contributed by atoms with Gasteiger partial charge in [-0.25, -0.2) is 4.98 Å². The minimum absolute atomic E-state index is 0.0499. The van der Waals surface area contributed by atoms with E-state index in [1.807, 2.05) is 41.8 Å². The average molecular weight is 439 g/mol. The van der Waals surface area contributed by atoms with Gasteiger partial charge in [-0.2, -0.15) is 0 Å². The van der Waals surface area contributed by atoms with Crippen molar-refractivity contribution in [1.29, 1.82) is 0 Å². The van der Waals surface area contributed by atoms with E-state index in [0.29, 0.717) is 31.2 Å². The van der Waals surface area contributed by atoms with E-state index in [4.69, 9.17) is 9.47 Å². The number of nitrogens with one attached hydrogen (secondary N) is 1. The number of ether oxygens (including phenoxy) is 2. The molecular formula is C25H30N2O3S. The van der Waals surface area contributed by atoms with Crippen LogP contribution in [0.1, 0.15) is 45.1 Å². The Balaban J connectivity index is 1.40. The van der Waals surface area contributed by atoms with E-state index >= 15 is 0 Å². The van der Waals surface area contributed by atoms with Crippen LogP contribution in [-0.4, -0.2) is 24.1 Å². The summed E-state index contributed by atoms with van der Waals surface area (Å²) >= 11 is 1.43. The van der Waals surface area contributed by atoms with Crippen molar-refractivity contribution >= 4 is 22.4 Å². The Kier molecular flexibility index (Phi) is 8.91. The van der Waals surface area contributed by atoms with Crippen molar-refractivity contribution in [3.8, 4) is 22.8 Å². The predicted octanol–water partition coefficient (Wildman–Crippen LogP) is 6.35. The van der Waals surface area contributed by atoms with E-state index in [9.17, 15) is 4.79 Å². The normalized spacial score (nSPS) is 10.6. The highest BCUT2D eigenvalue weighted by molar-refractivity contribution is 7.14. The van der Waals surface area contributed by atoms with Gasteiger partial charge in [0.25, 0.3) is 0 Å². The van der Waals surface area contributed by atoms with E-state index in [1.165, 1.54) is 16.9 Å². The molecule has 3 rings (SSSR count). The third-order valence-corrected chi connectivity index (χ3v) is 5.41. The van der Waals surface area contributed by atoms with Crippen LogP contribution in [0.5, 0.6) is 11.5 Å². The molecule has 5 nitrogen and oxygen atoms in total. The fourth-order valence-corrected chi connectivity index (χ4v) is 3.79. The molecule has 3 aromatic rings. The number of rotatable bonds is 12. The van der Waals surface area contributed by atoms with E-state index in [2.05, 4.69) is 36.3 Å². The quantitative estimate of drug-likeness (QED) is 0.335. The largest absolute Gasteiger partial charge is 0.494 e. The van der Waals surface area contributed by atoms with Gasteiger partial charge in [0.2, 0.25) is 5.91 Å². The smallest absolute Gasteiger partial charge is 0.226 e. The van der Waals surface area contributed by atoms with Crippen molar-refractivity contribution in [2.24, 2.45) is 0 Å². The first-order chi connectivity index (χ1) is 15.2. The summed E-state index contributed by atoms with van der Waals surface area (Å²) in [5.41, 5.74) is 3.16. The molecule has 1 heterocycles. The van der Waals surface area contributed by atoms with Crippen molar-refractivity contribution in [2.75, 3.05) is 18.5 Å². The fourth-order valence-electron chi connectivity index (χ4n) is 3.05. The molecule has 0 aliphatic heterocycles. The van der Waals surface area contributed by atoms with Crippen LogP contribution >= 0.6 is 11.3 Å². The maximum atomic E-state index is 12.2. The first-order valence-corrected chi connectivity index (χ1v) is 11.8. The molecule has 0 bridgehead atoms. The minimum atomic E-state index is -0.0499. The summed E-state index contributed by atoms with van der Waals surface area (Å²) in [7, 11) is 0. The van der Waals surface area contributed by atoms with Crippen LogP contribution in [-0.2, 0) is 11.2 Å². The van der Waals surface area contributed by atoms with Crippen LogP contribution < -0.4 is 14.8 Å². The molecule has 0 radical (unpaired) electrons. The standard InChI is InChI=1S/C25H30N2O3S/c1-3-6-19-8-12-21(13-9-19)30-17-5-7-24(28)27-25-26-23(18-31-25)20-10-14-22(15-11-20)29-16-4-2/h8-15,18H,3-7,16-17H2,1-2H3,(H,26,27,28). The van der Waals surface area contributed by atoms with Gasteiger partial charge in [-0.1, -0.05) is 32.4 Å². The number of aromatic nitrogens is 1. The topological polar surface area (TPSA) is 60.5 Å². The number of carbonyl (C=O) groups is 1. The highest BCUT2D eigenvalue weighted by Crippen LogP contribution is 2.26. The van der Waals surface area contributed by atoms with E-state index in [0.717, 1.165) is 42.0 Å². The zero-order chi connectivity index (χ0) is 21.9. The van der Waals surface area contributed by atoms with Gasteiger partial charge in [-0.3, -0.25) is 4.79 Å². The summed E-state index contributed by atoms with van der Waals surface area (Å²) in [4.78, 5) is 16.7. The van der Waals surface area contributed by atoms with E-state index in [-0.39, 0.29) is 5.91 Å². The molecule has 0 saturated heterocycles. The number of hydrogen-bond donors (Lipinski definition) is 1. The third kappa shape index (κ3) is 7.40. The number of carbonyl (C=O) groups excluding carboxylic acids is 1. The van der Waals surface area contributed by atoms with Crippen LogP contribution in [0, 0.1) is 0 Å². The van der Waals surface area contributed by atoms with Crippen LogP contribution in [0.15, 0.2) is 53.9 Å². The van der Waals surface area contributed by atoms with Crippen molar-refractivity contribution in [3.05, 3.63) is 59.5 Å². The third-order valence-electron chi connectivity index (χ3n) is 4.65. The number of hydrogen-bond acceptors (Lipinski definition) is 5. The van der Waals surface area contributed by atoms with Gasteiger partial charge in [0, 0.05) is 17.4 Å². The first kappa shape index (κ1) is 22.8. The number of anilines is 1. The van der Waals surface area contributed by atoms with Crippen molar-refractivity contribution < 1.29 is 14.3 Å². The van der Waals surface area contributed by atoms with Gasteiger partial charge in [0.05, 0.1) is 18.9 Å². The summed E-state index contributed by atoms with van der Waals surface area (Å²) in [5.74, 6) is 1.65. The lowest BCUT2D eigenvalue weighted by Crippen LogP contribution is -2.12. The van der Waals surface area contributed by atoms with Gasteiger partial charge >= 0.3 is 0 Å². The summed E-state index contributed by atoms with van der Waals surface area (Å²) in [6, 6.07) is 16.0. The van der Waals surface area contributed by atoms with Crippen LogP contribution in [0.25, 0.3) is 11.3 Å². The number of thiazole rings is 1. The molecule has 1 amide bonds. The number of aryl methyl sites for hydroxylation is 1. The first-order valence-electron chi connectivity index (χ1n) is 10.9. The highest BCUT2D eigenvalue weighted by atomic mass is 32.1. The van der Waals surface area contributed by atoms with Crippen LogP contribution in [0.4, 0.5) is 5.13 Å². The molecule has 1 aromatic heterocycles. The van der Waals surface area contributed by atoms with Crippen molar-refractivity contribution in [1.82, 2.24) is 4.98 Å². The summed E-state index contributed by atoms with van der Waals surface area (Å²) < 4.78 is 11.3. The van der Waals surface area contributed by atoms with Gasteiger partial charge in [-0.15, -0.1) is 11.3 Å². The Morgan fingerprint density at radius 3 is 2.29 bits per heavy atom. The van der Waals surface area contributed by atoms with Gasteiger partial charge in [0.1, 0.15) is 11.5 Å². The molecule has 0 atom stereocenters. The molecule has 6 heteroatoms. The monoisotopic (exact) mass is 438 g/mol. The Labute approximate surface area is 188 Å². The van der Waals surface area contributed by atoms with Crippen molar-refractivity contribution in [3.63, 3.8) is 0 Å². The van der Waals surface area contributed by atoms with Gasteiger partial charge in [-0.05, 0) is 61.2 Å². The van der Waals surface area contributed by atoms with Gasteiger partial charge < -0.3 is 14.8 Å². The second-order valence-corrected chi connectivity index (χ2v) is 8.16. The lowest BCUT2D eigenvalue weighted by atomic mass is 10.1. The van der Waals surface area contributed by atoms with Crippen LogP contribution in [0.3, 0.4) is 0 Å². The maximum Gasteiger partial charge on any atom is 0.226 e. The summed E-state index contributed by atoms with van der Waals surface area (Å²) in [6.45, 7) is 5.47. The Bertz CT molecular complexity index is 936. The van der Waals surface area contributed by atoms with Crippen molar-refractivity contribution in [2.45, 2.75) is 46.0 Å². The van der Waals surface area contributed by atoms with E-state index in [1.54, 1.807) is 0 Å². The molecule has 0 aliphatic rings. The summed E-state index contributed by atoms with van der Waals surface area (Å²) in [5, 5.41) is 5.44. The zero-order valence-electron chi connectivity index (χ0n) is 18.2. The molecule has 0 fully saturated rings. The molecule has 1 N–H and O–H groups in total. The molecule has 164 valence electrons. The minimum Gasteiger partial charge on any atom is -0.494 e. The zero-order valence-corrected chi connectivity index (χ0v) is 19.0. The molecule has 31 heavy (non-hydrogen) atoms. The molecule has 2 aromatic carbocycles. The number of amides is 1. The molecule has 0 saturated carbocycles. The Morgan fingerprint density at radius 1 is 0.935 bits per heavy atom. The molecule has 0 aliphatic carbocycles. The molecular weight excluding hydrogens is 408 g/mol. The second kappa shape index (κ2) is 12.1. The maximum absolute atomic E-state index is 12.2. The fraction of sp³-hybridized carbons (Fsp3) is 0.360. The lowest BCUT2D eigenvalue weighted by Gasteiger charge is -2.07. The van der Waals surface area contributed by atoms with Gasteiger partial charge in [0.15, 0.2) is 5.13 Å². The Hall–Kier alpha value is -2.86. The average Bonchev–Trinajstić information content (AvgIpc) is 3.25. The molecule has 0 unspecified atom stereocenters. The number of nitrogens with zero attached hydrogens (tertiary/aromatic N) is 1. The SMILES string of the molecule is CCCOc1ccc(-c2csc(NC(=O)CCCOc3ccc(CCC)cc3)n2)cc1. The summed E-state index contributed by atoms with van der Waals surface area (Å²) in [6.07, 6.45) is 4.25.